The lowest BCUT2D eigenvalue weighted by Gasteiger charge is -2.60. The van der Waals surface area contributed by atoms with E-state index in [2.05, 4.69) is 20.8 Å². The van der Waals surface area contributed by atoms with Gasteiger partial charge in [0.2, 0.25) is 0 Å². The van der Waals surface area contributed by atoms with Crippen LogP contribution < -0.4 is 0 Å². The predicted octanol–water partition coefficient (Wildman–Crippen LogP) is 2.28. The van der Waals surface area contributed by atoms with E-state index in [1.807, 2.05) is 0 Å². The highest BCUT2D eigenvalue weighted by molar-refractivity contribution is 5.12. The Labute approximate surface area is 121 Å². The molecule has 2 aliphatic carbocycles. The molecule has 0 bridgehead atoms. The highest BCUT2D eigenvalue weighted by Gasteiger charge is 2.68. The monoisotopic (exact) mass is 284 g/mol. The maximum atomic E-state index is 11.0. The van der Waals surface area contributed by atoms with E-state index < -0.39 is 18.2 Å². The summed E-state index contributed by atoms with van der Waals surface area (Å²) in [6, 6.07) is 0. The van der Waals surface area contributed by atoms with Crippen molar-refractivity contribution in [3.8, 4) is 0 Å². The Balaban J connectivity index is 2.03. The summed E-state index contributed by atoms with van der Waals surface area (Å²) in [4.78, 5) is 0. The first-order chi connectivity index (χ1) is 9.25. The summed E-state index contributed by atoms with van der Waals surface area (Å²) in [6.45, 7) is 6.95. The van der Waals surface area contributed by atoms with Gasteiger partial charge in [-0.2, -0.15) is 0 Å². The van der Waals surface area contributed by atoms with Crippen molar-refractivity contribution in [3.05, 3.63) is 0 Å². The number of methoxy groups -OCH3 is 1. The molecule has 0 aromatic rings. The summed E-state index contributed by atoms with van der Waals surface area (Å²) >= 11 is 0. The van der Waals surface area contributed by atoms with Crippen LogP contribution in [0.3, 0.4) is 0 Å². The van der Waals surface area contributed by atoms with Crippen LogP contribution in [0, 0.1) is 22.7 Å². The van der Waals surface area contributed by atoms with Gasteiger partial charge in [-0.3, -0.25) is 0 Å². The standard InChI is InChI=1S/C16H28O4/c1-14(2)7-5-8-15(3)10(14)6-9-16(18)11(15)12(19-4)20-13(16)17/h10-13,17-18H,5-9H2,1-4H3. The third-order valence-electron chi connectivity index (χ3n) is 6.55. The van der Waals surface area contributed by atoms with Crippen molar-refractivity contribution in [1.82, 2.24) is 0 Å². The molecule has 116 valence electrons. The van der Waals surface area contributed by atoms with Crippen LogP contribution in [-0.4, -0.2) is 35.5 Å². The molecule has 0 amide bonds. The molecule has 1 aliphatic heterocycles. The van der Waals surface area contributed by atoms with Gasteiger partial charge in [0, 0.05) is 13.0 Å². The van der Waals surface area contributed by atoms with E-state index in [9.17, 15) is 10.2 Å². The quantitative estimate of drug-likeness (QED) is 0.775. The van der Waals surface area contributed by atoms with Gasteiger partial charge in [-0.1, -0.05) is 27.2 Å². The molecule has 1 saturated heterocycles. The zero-order chi connectivity index (χ0) is 14.8. The van der Waals surface area contributed by atoms with E-state index in [4.69, 9.17) is 9.47 Å². The molecule has 6 unspecified atom stereocenters. The summed E-state index contributed by atoms with van der Waals surface area (Å²) in [5.74, 6) is 0.397. The Bertz CT molecular complexity index is 396. The van der Waals surface area contributed by atoms with Crippen molar-refractivity contribution >= 4 is 0 Å². The average Bonchev–Trinajstić information content (AvgIpc) is 2.61. The lowest BCUT2D eigenvalue weighted by Crippen LogP contribution is -2.61. The third-order valence-corrected chi connectivity index (χ3v) is 6.55. The van der Waals surface area contributed by atoms with E-state index in [1.165, 1.54) is 12.8 Å². The molecule has 4 heteroatoms. The van der Waals surface area contributed by atoms with Crippen LogP contribution >= 0.6 is 0 Å². The lowest BCUT2D eigenvalue weighted by atomic mass is 9.45. The average molecular weight is 284 g/mol. The molecule has 0 aromatic carbocycles. The van der Waals surface area contributed by atoms with Gasteiger partial charge in [0.1, 0.15) is 5.60 Å². The Morgan fingerprint density at radius 1 is 1.15 bits per heavy atom. The van der Waals surface area contributed by atoms with Gasteiger partial charge in [0.05, 0.1) is 0 Å². The van der Waals surface area contributed by atoms with Crippen LogP contribution in [0.1, 0.15) is 52.9 Å². The van der Waals surface area contributed by atoms with Crippen molar-refractivity contribution in [2.24, 2.45) is 22.7 Å². The second-order valence-corrected chi connectivity index (χ2v) is 8.00. The van der Waals surface area contributed by atoms with Gasteiger partial charge >= 0.3 is 0 Å². The van der Waals surface area contributed by atoms with Crippen LogP contribution in [0.2, 0.25) is 0 Å². The smallest absolute Gasteiger partial charge is 0.187 e. The van der Waals surface area contributed by atoms with E-state index in [1.54, 1.807) is 7.11 Å². The van der Waals surface area contributed by atoms with Crippen molar-refractivity contribution in [2.75, 3.05) is 7.11 Å². The van der Waals surface area contributed by atoms with Crippen LogP contribution in [0.15, 0.2) is 0 Å². The minimum Gasteiger partial charge on any atom is -0.384 e. The number of hydrogen-bond acceptors (Lipinski definition) is 4. The van der Waals surface area contributed by atoms with Crippen molar-refractivity contribution < 1.29 is 19.7 Å². The van der Waals surface area contributed by atoms with Gasteiger partial charge in [-0.15, -0.1) is 0 Å². The van der Waals surface area contributed by atoms with Gasteiger partial charge in [-0.25, -0.2) is 0 Å². The van der Waals surface area contributed by atoms with Gasteiger partial charge in [0.25, 0.3) is 0 Å². The minimum absolute atomic E-state index is 0.0348. The van der Waals surface area contributed by atoms with E-state index in [0.29, 0.717) is 12.3 Å². The number of rotatable bonds is 1. The Morgan fingerprint density at radius 3 is 2.50 bits per heavy atom. The van der Waals surface area contributed by atoms with E-state index in [-0.39, 0.29) is 16.7 Å². The highest BCUT2D eigenvalue weighted by atomic mass is 16.7. The first-order valence-electron chi connectivity index (χ1n) is 7.84. The first kappa shape index (κ1) is 14.8. The van der Waals surface area contributed by atoms with Crippen molar-refractivity contribution in [2.45, 2.75) is 71.1 Å². The topological polar surface area (TPSA) is 58.9 Å². The van der Waals surface area contributed by atoms with Crippen LogP contribution in [0.5, 0.6) is 0 Å². The summed E-state index contributed by atoms with van der Waals surface area (Å²) in [5, 5.41) is 21.2. The van der Waals surface area contributed by atoms with Gasteiger partial charge < -0.3 is 19.7 Å². The maximum Gasteiger partial charge on any atom is 0.187 e. The fourth-order valence-electron chi connectivity index (χ4n) is 5.70. The molecule has 6 atom stereocenters. The number of fused-ring (bicyclic) bond motifs is 3. The molecule has 2 saturated carbocycles. The first-order valence-corrected chi connectivity index (χ1v) is 7.84. The Hall–Kier alpha value is -0.160. The van der Waals surface area contributed by atoms with Crippen LogP contribution in [-0.2, 0) is 9.47 Å². The number of aliphatic hydroxyl groups is 2. The molecule has 4 nitrogen and oxygen atoms in total. The zero-order valence-corrected chi connectivity index (χ0v) is 13.1. The summed E-state index contributed by atoms with van der Waals surface area (Å²) in [6.07, 6.45) is 3.40. The SMILES string of the molecule is COC1OC(O)C2(O)CCC3C(C)(C)CCCC3(C)C12. The minimum atomic E-state index is -1.15. The molecule has 0 aromatic heterocycles. The molecular weight excluding hydrogens is 256 g/mol. The molecule has 0 radical (unpaired) electrons. The molecule has 3 rings (SSSR count). The Kier molecular flexibility index (Phi) is 3.26. The second-order valence-electron chi connectivity index (χ2n) is 8.00. The molecule has 3 fully saturated rings. The summed E-state index contributed by atoms with van der Waals surface area (Å²) < 4.78 is 11.0. The molecule has 1 heterocycles. The maximum absolute atomic E-state index is 11.0. The molecule has 2 N–H and O–H groups in total. The number of aliphatic hydroxyl groups excluding tert-OH is 1. The van der Waals surface area contributed by atoms with E-state index in [0.717, 1.165) is 12.8 Å². The van der Waals surface area contributed by atoms with Gasteiger partial charge in [-0.05, 0) is 42.4 Å². The predicted molar refractivity (Wildman–Crippen MR) is 74.8 cm³/mol. The summed E-state index contributed by atoms with van der Waals surface area (Å²) in [7, 11) is 1.60. The number of ether oxygens (including phenoxy) is 2. The lowest BCUT2D eigenvalue weighted by molar-refractivity contribution is -0.209. The fraction of sp³-hybridized carbons (Fsp3) is 1.00. The van der Waals surface area contributed by atoms with Crippen LogP contribution in [0.4, 0.5) is 0 Å². The van der Waals surface area contributed by atoms with Crippen LogP contribution in [0.25, 0.3) is 0 Å². The summed E-state index contributed by atoms with van der Waals surface area (Å²) in [5.41, 5.74) is -0.910. The normalized spacial score (nSPS) is 54.3. The van der Waals surface area contributed by atoms with Crippen molar-refractivity contribution in [3.63, 3.8) is 0 Å². The Morgan fingerprint density at radius 2 is 1.85 bits per heavy atom. The third kappa shape index (κ3) is 1.75. The van der Waals surface area contributed by atoms with E-state index >= 15 is 0 Å². The molecule has 20 heavy (non-hydrogen) atoms. The molecule has 3 aliphatic rings. The fourth-order valence-corrected chi connectivity index (χ4v) is 5.70. The largest absolute Gasteiger partial charge is 0.384 e. The second kappa shape index (κ2) is 4.42. The molecule has 0 spiro atoms. The van der Waals surface area contributed by atoms with Crippen molar-refractivity contribution in [1.29, 1.82) is 0 Å². The highest BCUT2D eigenvalue weighted by Crippen LogP contribution is 2.65. The van der Waals surface area contributed by atoms with Gasteiger partial charge in [0.15, 0.2) is 12.6 Å². The zero-order valence-electron chi connectivity index (χ0n) is 13.1. The number of hydrogen-bond donors (Lipinski definition) is 2. The molecular formula is C16H28O4.